The molecule has 17 heavy (non-hydrogen) atoms. The van der Waals surface area contributed by atoms with E-state index in [9.17, 15) is 9.59 Å². The van der Waals surface area contributed by atoms with E-state index < -0.39 is 5.97 Å². The summed E-state index contributed by atoms with van der Waals surface area (Å²) in [5.41, 5.74) is 2.18. The highest BCUT2D eigenvalue weighted by Gasteiger charge is 2.14. The summed E-state index contributed by atoms with van der Waals surface area (Å²) in [7, 11) is 1.33. The Morgan fingerprint density at radius 2 is 2.00 bits per heavy atom. The van der Waals surface area contributed by atoms with Gasteiger partial charge in [-0.1, -0.05) is 44.0 Å². The van der Waals surface area contributed by atoms with Crippen LogP contribution in [-0.4, -0.2) is 24.2 Å². The molecule has 5 heteroatoms. The summed E-state index contributed by atoms with van der Waals surface area (Å²) in [5, 5.41) is 0.968. The molecule has 0 aromatic heterocycles. The maximum Gasteiger partial charge on any atom is 0.338 e. The first-order chi connectivity index (χ1) is 8.12. The van der Waals surface area contributed by atoms with Crippen LogP contribution < -0.4 is 0 Å². The Morgan fingerprint density at radius 1 is 1.29 bits per heavy atom. The molecular formula is C12H12Br2O3. The number of hydrogen-bond donors (Lipinski definition) is 0. The minimum Gasteiger partial charge on any atom is -0.465 e. The van der Waals surface area contributed by atoms with Crippen LogP contribution in [0.25, 0.3) is 0 Å². The standard InChI is InChI=1S/C12H12Br2O3/c1-17-12(16)11-3-2-8(6-13)4-9(11)5-10(15)7-14/h2-4H,5-7H2,1H3. The second-order valence-corrected chi connectivity index (χ2v) is 4.59. The summed E-state index contributed by atoms with van der Waals surface area (Å²) in [6.07, 6.45) is 0.233. The Labute approximate surface area is 117 Å². The zero-order valence-corrected chi connectivity index (χ0v) is 12.5. The van der Waals surface area contributed by atoms with Gasteiger partial charge < -0.3 is 4.74 Å². The molecule has 1 aromatic rings. The van der Waals surface area contributed by atoms with Crippen LogP contribution in [0.1, 0.15) is 21.5 Å². The fourth-order valence-electron chi connectivity index (χ4n) is 1.45. The summed E-state index contributed by atoms with van der Waals surface area (Å²) < 4.78 is 4.69. The van der Waals surface area contributed by atoms with Crippen molar-refractivity contribution in [1.29, 1.82) is 0 Å². The van der Waals surface area contributed by atoms with Crippen LogP contribution in [0.2, 0.25) is 0 Å². The van der Waals surface area contributed by atoms with E-state index in [2.05, 4.69) is 31.9 Å². The van der Waals surface area contributed by atoms with E-state index in [-0.39, 0.29) is 17.5 Å². The average Bonchev–Trinajstić information content (AvgIpc) is 2.37. The minimum absolute atomic E-state index is 0.0295. The lowest BCUT2D eigenvalue weighted by Gasteiger charge is -2.08. The van der Waals surface area contributed by atoms with E-state index in [1.807, 2.05) is 12.1 Å². The van der Waals surface area contributed by atoms with Gasteiger partial charge in [0, 0.05) is 11.8 Å². The van der Waals surface area contributed by atoms with Crippen molar-refractivity contribution in [2.24, 2.45) is 0 Å². The van der Waals surface area contributed by atoms with Crippen LogP contribution in [0.5, 0.6) is 0 Å². The number of carbonyl (C=O) groups is 2. The molecule has 0 saturated heterocycles. The molecule has 0 N–H and O–H groups in total. The van der Waals surface area contributed by atoms with Crippen LogP contribution in [-0.2, 0) is 21.3 Å². The number of rotatable bonds is 5. The van der Waals surface area contributed by atoms with E-state index >= 15 is 0 Å². The zero-order chi connectivity index (χ0) is 12.8. The summed E-state index contributed by atoms with van der Waals surface area (Å²) in [4.78, 5) is 23.0. The van der Waals surface area contributed by atoms with Crippen molar-refractivity contribution in [3.63, 3.8) is 0 Å². The highest BCUT2D eigenvalue weighted by atomic mass is 79.9. The van der Waals surface area contributed by atoms with Crippen molar-refractivity contribution < 1.29 is 14.3 Å². The number of ether oxygens (including phenoxy) is 1. The van der Waals surface area contributed by atoms with Gasteiger partial charge in [-0.25, -0.2) is 4.79 Å². The largest absolute Gasteiger partial charge is 0.465 e. The first-order valence-electron chi connectivity index (χ1n) is 4.96. The summed E-state index contributed by atoms with van der Waals surface area (Å²) in [6.45, 7) is 0. The molecule has 0 bridgehead atoms. The third-order valence-corrected chi connectivity index (χ3v) is 3.54. The van der Waals surface area contributed by atoms with Gasteiger partial charge in [-0.05, 0) is 17.2 Å². The van der Waals surface area contributed by atoms with Crippen LogP contribution in [0, 0.1) is 0 Å². The molecule has 0 radical (unpaired) electrons. The minimum atomic E-state index is -0.413. The second-order valence-electron chi connectivity index (χ2n) is 3.47. The van der Waals surface area contributed by atoms with Crippen LogP contribution in [0.3, 0.4) is 0 Å². The Balaban J connectivity index is 3.11. The van der Waals surface area contributed by atoms with E-state index in [4.69, 9.17) is 4.74 Å². The number of benzene rings is 1. The normalized spacial score (nSPS) is 10.1. The first-order valence-corrected chi connectivity index (χ1v) is 7.20. The van der Waals surface area contributed by atoms with Crippen molar-refractivity contribution in [3.05, 3.63) is 34.9 Å². The Morgan fingerprint density at radius 3 is 2.53 bits per heavy atom. The average molecular weight is 364 g/mol. The van der Waals surface area contributed by atoms with Gasteiger partial charge in [-0.2, -0.15) is 0 Å². The van der Waals surface area contributed by atoms with Crippen molar-refractivity contribution >= 4 is 43.6 Å². The van der Waals surface area contributed by atoms with Crippen molar-refractivity contribution in [2.75, 3.05) is 12.4 Å². The maximum absolute atomic E-state index is 11.5. The van der Waals surface area contributed by atoms with Gasteiger partial charge in [-0.15, -0.1) is 0 Å². The molecule has 3 nitrogen and oxygen atoms in total. The Kier molecular flexibility index (Phi) is 5.85. The fourth-order valence-corrected chi connectivity index (χ4v) is 1.99. The van der Waals surface area contributed by atoms with Gasteiger partial charge in [0.05, 0.1) is 18.0 Å². The zero-order valence-electron chi connectivity index (χ0n) is 9.33. The van der Waals surface area contributed by atoms with E-state index in [0.717, 1.165) is 5.56 Å². The molecule has 0 saturated carbocycles. The number of alkyl halides is 2. The lowest BCUT2D eigenvalue weighted by molar-refractivity contribution is -0.115. The van der Waals surface area contributed by atoms with E-state index in [0.29, 0.717) is 16.5 Å². The highest BCUT2D eigenvalue weighted by molar-refractivity contribution is 9.09. The number of esters is 1. The third kappa shape index (κ3) is 3.92. The smallest absolute Gasteiger partial charge is 0.338 e. The number of Topliss-reactive ketones (excluding diaryl/α,β-unsaturated/α-hetero) is 1. The van der Waals surface area contributed by atoms with Gasteiger partial charge in [-0.3, -0.25) is 4.79 Å². The Bertz CT molecular complexity index is 430. The topological polar surface area (TPSA) is 43.4 Å². The predicted molar refractivity (Wildman–Crippen MR) is 72.9 cm³/mol. The predicted octanol–water partition coefficient (Wildman–Crippen LogP) is 2.87. The molecule has 0 heterocycles. The number of halogens is 2. The van der Waals surface area contributed by atoms with E-state index in [1.165, 1.54) is 7.11 Å². The van der Waals surface area contributed by atoms with Gasteiger partial charge in [0.2, 0.25) is 0 Å². The molecule has 0 unspecified atom stereocenters. The number of carbonyl (C=O) groups excluding carboxylic acids is 2. The SMILES string of the molecule is COC(=O)c1ccc(CBr)cc1CC(=O)CBr. The summed E-state index contributed by atoms with van der Waals surface area (Å²) >= 11 is 6.45. The van der Waals surface area contributed by atoms with Crippen molar-refractivity contribution in [2.45, 2.75) is 11.8 Å². The highest BCUT2D eigenvalue weighted by Crippen LogP contribution is 2.16. The van der Waals surface area contributed by atoms with Gasteiger partial charge in [0.25, 0.3) is 0 Å². The van der Waals surface area contributed by atoms with Gasteiger partial charge in [0.1, 0.15) is 5.78 Å². The molecule has 1 aromatic carbocycles. The number of ketones is 1. The maximum atomic E-state index is 11.5. The quantitative estimate of drug-likeness (QED) is 0.596. The molecular weight excluding hydrogens is 352 g/mol. The molecule has 0 aliphatic heterocycles. The lowest BCUT2D eigenvalue weighted by Crippen LogP contribution is -2.11. The van der Waals surface area contributed by atoms with Crippen LogP contribution in [0.15, 0.2) is 18.2 Å². The lowest BCUT2D eigenvalue weighted by atomic mass is 10.0. The van der Waals surface area contributed by atoms with Crippen molar-refractivity contribution in [1.82, 2.24) is 0 Å². The van der Waals surface area contributed by atoms with Gasteiger partial charge in [0.15, 0.2) is 0 Å². The Hall–Kier alpha value is -0.680. The molecule has 0 fully saturated rings. The molecule has 92 valence electrons. The van der Waals surface area contributed by atoms with E-state index in [1.54, 1.807) is 6.07 Å². The fraction of sp³-hybridized carbons (Fsp3) is 0.333. The molecule has 0 amide bonds. The third-order valence-electron chi connectivity index (χ3n) is 2.27. The summed E-state index contributed by atoms with van der Waals surface area (Å²) in [6, 6.07) is 5.38. The molecule has 1 rings (SSSR count). The van der Waals surface area contributed by atoms with Gasteiger partial charge >= 0.3 is 5.97 Å². The first kappa shape index (κ1) is 14.4. The number of hydrogen-bond acceptors (Lipinski definition) is 3. The van der Waals surface area contributed by atoms with Crippen LogP contribution in [0.4, 0.5) is 0 Å². The van der Waals surface area contributed by atoms with Crippen molar-refractivity contribution in [3.8, 4) is 0 Å². The summed E-state index contributed by atoms with van der Waals surface area (Å²) in [5.74, 6) is -0.384. The second kappa shape index (κ2) is 6.91. The molecule has 0 aliphatic carbocycles. The number of methoxy groups -OCH3 is 1. The monoisotopic (exact) mass is 362 g/mol. The molecule has 0 atom stereocenters. The molecule has 0 spiro atoms. The van der Waals surface area contributed by atoms with Crippen LogP contribution >= 0.6 is 31.9 Å². The molecule has 0 aliphatic rings.